The van der Waals surface area contributed by atoms with Crippen LogP contribution in [0.4, 0.5) is 5.82 Å². The molecule has 6 rings (SSSR count). The number of aliphatic hydroxyl groups is 1. The molecule has 1 amide bonds. The van der Waals surface area contributed by atoms with Crippen LogP contribution < -0.4 is 11.1 Å². The number of thiophene rings is 1. The Morgan fingerprint density at radius 3 is 2.74 bits per heavy atom. The minimum absolute atomic E-state index is 0.0864. The summed E-state index contributed by atoms with van der Waals surface area (Å²) in [6.07, 6.45) is 5.17. The zero-order chi connectivity index (χ0) is 23.9. The third-order valence-electron chi connectivity index (χ3n) is 6.20. The van der Waals surface area contributed by atoms with E-state index in [0.29, 0.717) is 40.4 Å². The van der Waals surface area contributed by atoms with Crippen LogP contribution in [0.25, 0.3) is 32.4 Å². The smallest absolute Gasteiger partial charge is 0.261 e. The highest BCUT2D eigenvalue weighted by atomic mass is 32.1. The highest BCUT2D eigenvalue weighted by Gasteiger charge is 2.25. The lowest BCUT2D eigenvalue weighted by molar-refractivity contribution is 0.0955. The third kappa shape index (κ3) is 3.94. The molecule has 1 aliphatic carbocycles. The predicted octanol–water partition coefficient (Wildman–Crippen LogP) is 4.08. The maximum atomic E-state index is 12.6. The SMILES string of the molecule is Nc1ncnc2c1c(-c1ccc(CNC(=O)c3cc4ccccc4s3)cc1)nn2C1C=CC(O)C1. The van der Waals surface area contributed by atoms with Gasteiger partial charge < -0.3 is 16.2 Å². The van der Waals surface area contributed by atoms with Gasteiger partial charge in [-0.15, -0.1) is 11.3 Å². The Kier molecular flexibility index (Phi) is 5.28. The molecule has 3 heterocycles. The fourth-order valence-electron chi connectivity index (χ4n) is 4.41. The molecule has 0 saturated carbocycles. The van der Waals surface area contributed by atoms with Crippen molar-refractivity contribution < 1.29 is 9.90 Å². The predicted molar refractivity (Wildman–Crippen MR) is 137 cm³/mol. The molecule has 0 spiro atoms. The van der Waals surface area contributed by atoms with Gasteiger partial charge in [0, 0.05) is 23.2 Å². The van der Waals surface area contributed by atoms with Crippen LogP contribution in [-0.2, 0) is 6.54 Å². The van der Waals surface area contributed by atoms with Crippen molar-refractivity contribution in [3.05, 3.63) is 83.5 Å². The van der Waals surface area contributed by atoms with Gasteiger partial charge in [0.15, 0.2) is 5.65 Å². The maximum Gasteiger partial charge on any atom is 0.261 e. The number of aromatic nitrogens is 4. The fourth-order valence-corrected chi connectivity index (χ4v) is 5.39. The number of carbonyl (C=O) groups excluding carboxylic acids is 1. The number of rotatable bonds is 5. The summed E-state index contributed by atoms with van der Waals surface area (Å²) in [5.74, 6) is 0.273. The first-order valence-corrected chi connectivity index (χ1v) is 12.1. The van der Waals surface area contributed by atoms with Crippen molar-refractivity contribution in [1.82, 2.24) is 25.1 Å². The second-order valence-corrected chi connectivity index (χ2v) is 9.62. The van der Waals surface area contributed by atoms with E-state index in [4.69, 9.17) is 10.8 Å². The molecule has 0 aliphatic heterocycles. The number of aliphatic hydroxyl groups excluding tert-OH is 1. The van der Waals surface area contributed by atoms with Crippen molar-refractivity contribution in [3.63, 3.8) is 0 Å². The molecule has 0 radical (unpaired) electrons. The molecule has 4 N–H and O–H groups in total. The number of amides is 1. The van der Waals surface area contributed by atoms with E-state index in [2.05, 4.69) is 15.3 Å². The first-order valence-electron chi connectivity index (χ1n) is 11.3. The molecule has 0 fully saturated rings. The zero-order valence-electron chi connectivity index (χ0n) is 18.6. The normalized spacial score (nSPS) is 17.4. The highest BCUT2D eigenvalue weighted by Crippen LogP contribution is 2.34. The average molecular weight is 483 g/mol. The van der Waals surface area contributed by atoms with Gasteiger partial charge in [-0.1, -0.05) is 54.6 Å². The largest absolute Gasteiger partial charge is 0.389 e. The Bertz CT molecular complexity index is 1550. The number of fused-ring (bicyclic) bond motifs is 2. The minimum atomic E-state index is -0.496. The minimum Gasteiger partial charge on any atom is -0.389 e. The Morgan fingerprint density at radius 1 is 1.14 bits per heavy atom. The number of hydrogen-bond acceptors (Lipinski definition) is 7. The number of nitrogens with two attached hydrogens (primary N) is 1. The number of carbonyl (C=O) groups is 1. The molecule has 2 aromatic carbocycles. The molecule has 1 aliphatic rings. The summed E-state index contributed by atoms with van der Waals surface area (Å²) in [5, 5.41) is 19.5. The lowest BCUT2D eigenvalue weighted by Crippen LogP contribution is -2.21. The summed E-state index contributed by atoms with van der Waals surface area (Å²) >= 11 is 1.49. The van der Waals surface area contributed by atoms with E-state index < -0.39 is 6.10 Å². The number of benzene rings is 2. The van der Waals surface area contributed by atoms with Gasteiger partial charge in [0.25, 0.3) is 5.91 Å². The molecule has 3 aromatic heterocycles. The van der Waals surface area contributed by atoms with Gasteiger partial charge in [-0.2, -0.15) is 5.10 Å². The van der Waals surface area contributed by atoms with Gasteiger partial charge >= 0.3 is 0 Å². The number of nitrogens with zero attached hydrogens (tertiary/aromatic N) is 4. The van der Waals surface area contributed by atoms with Crippen LogP contribution in [0.1, 0.15) is 27.7 Å². The number of allylic oxidation sites excluding steroid dienone is 1. The number of hydrogen-bond donors (Lipinski definition) is 3. The van der Waals surface area contributed by atoms with Crippen LogP contribution in [0.2, 0.25) is 0 Å². The summed E-state index contributed by atoms with van der Waals surface area (Å²) in [7, 11) is 0. The Hall–Kier alpha value is -4.08. The first kappa shape index (κ1) is 21.5. The molecular weight excluding hydrogens is 460 g/mol. The van der Waals surface area contributed by atoms with Crippen LogP contribution in [0.3, 0.4) is 0 Å². The van der Waals surface area contributed by atoms with Crippen molar-refractivity contribution >= 4 is 44.2 Å². The van der Waals surface area contributed by atoms with E-state index in [1.54, 1.807) is 10.8 Å². The van der Waals surface area contributed by atoms with E-state index in [1.165, 1.54) is 17.7 Å². The van der Waals surface area contributed by atoms with Gasteiger partial charge in [0.2, 0.25) is 0 Å². The molecule has 0 bridgehead atoms. The second-order valence-electron chi connectivity index (χ2n) is 8.53. The number of nitrogen functional groups attached to an aromatic ring is 1. The van der Waals surface area contributed by atoms with Crippen LogP contribution in [-0.4, -0.2) is 36.9 Å². The summed E-state index contributed by atoms with van der Waals surface area (Å²) < 4.78 is 2.90. The molecule has 2 atom stereocenters. The molecule has 5 aromatic rings. The topological polar surface area (TPSA) is 119 Å². The Labute approximate surface area is 204 Å². The van der Waals surface area contributed by atoms with Crippen molar-refractivity contribution in [2.45, 2.75) is 25.1 Å². The molecule has 35 heavy (non-hydrogen) atoms. The molecule has 174 valence electrons. The van der Waals surface area contributed by atoms with Crippen molar-refractivity contribution in [1.29, 1.82) is 0 Å². The van der Waals surface area contributed by atoms with Crippen LogP contribution in [0.5, 0.6) is 0 Å². The summed E-state index contributed by atoms with van der Waals surface area (Å²) in [6, 6.07) is 17.6. The molecule has 9 heteroatoms. The van der Waals surface area contributed by atoms with Gasteiger partial charge in [0.1, 0.15) is 17.8 Å². The zero-order valence-corrected chi connectivity index (χ0v) is 19.4. The van der Waals surface area contributed by atoms with Gasteiger partial charge in [-0.3, -0.25) is 4.79 Å². The van der Waals surface area contributed by atoms with Crippen LogP contribution in [0.15, 0.2) is 73.1 Å². The standard InChI is InChI=1S/C26H22N6O2S/c27-24-22-23(31-32(25(22)30-14-29-24)18-9-10-19(33)12-18)16-7-5-15(6-8-16)13-28-26(34)21-11-17-3-1-2-4-20(17)35-21/h1-11,14,18-19,33H,12-13H2,(H,28,34)(H2,27,29,30). The number of nitrogens with one attached hydrogen (secondary N) is 1. The van der Waals surface area contributed by atoms with E-state index >= 15 is 0 Å². The van der Waals surface area contributed by atoms with Crippen molar-refractivity contribution in [2.75, 3.05) is 5.73 Å². The molecule has 2 unspecified atom stereocenters. The Balaban J connectivity index is 1.24. The molecular formula is C26H22N6O2S. The first-order chi connectivity index (χ1) is 17.1. The van der Waals surface area contributed by atoms with Gasteiger partial charge in [-0.25, -0.2) is 14.6 Å². The third-order valence-corrected chi connectivity index (χ3v) is 7.32. The second kappa shape index (κ2) is 8.61. The highest BCUT2D eigenvalue weighted by molar-refractivity contribution is 7.20. The lowest BCUT2D eigenvalue weighted by atomic mass is 10.1. The molecule has 8 nitrogen and oxygen atoms in total. The van der Waals surface area contributed by atoms with Crippen LogP contribution >= 0.6 is 11.3 Å². The monoisotopic (exact) mass is 482 g/mol. The van der Waals surface area contributed by atoms with Crippen molar-refractivity contribution in [3.8, 4) is 11.3 Å². The fraction of sp³-hybridized carbons (Fsp3) is 0.154. The van der Waals surface area contributed by atoms with Crippen molar-refractivity contribution in [2.24, 2.45) is 0 Å². The summed E-state index contributed by atoms with van der Waals surface area (Å²) in [6.45, 7) is 0.415. The van der Waals surface area contributed by atoms with Crippen LogP contribution in [0, 0.1) is 0 Å². The maximum absolute atomic E-state index is 12.6. The average Bonchev–Trinajstić information content (AvgIpc) is 3.59. The van der Waals surface area contributed by atoms with E-state index in [-0.39, 0.29) is 11.9 Å². The van der Waals surface area contributed by atoms with E-state index in [9.17, 15) is 9.90 Å². The quantitative estimate of drug-likeness (QED) is 0.325. The molecule has 0 saturated heterocycles. The van der Waals surface area contributed by atoms with E-state index in [0.717, 1.165) is 21.2 Å². The van der Waals surface area contributed by atoms with Gasteiger partial charge in [0.05, 0.1) is 22.4 Å². The van der Waals surface area contributed by atoms with E-state index in [1.807, 2.05) is 60.7 Å². The summed E-state index contributed by atoms with van der Waals surface area (Å²) in [4.78, 5) is 21.9. The lowest BCUT2D eigenvalue weighted by Gasteiger charge is -2.10. The summed E-state index contributed by atoms with van der Waals surface area (Å²) in [5.41, 5.74) is 9.38. The number of anilines is 1. The Morgan fingerprint density at radius 2 is 1.97 bits per heavy atom. The van der Waals surface area contributed by atoms with Gasteiger partial charge in [-0.05, 0) is 23.1 Å².